The van der Waals surface area contributed by atoms with Crippen LogP contribution in [0.3, 0.4) is 0 Å². The second-order valence-electron chi connectivity index (χ2n) is 6.53. The second-order valence-corrected chi connectivity index (χ2v) is 6.53. The van der Waals surface area contributed by atoms with Crippen LogP contribution >= 0.6 is 0 Å². The fourth-order valence-corrected chi connectivity index (χ4v) is 2.96. The van der Waals surface area contributed by atoms with Gasteiger partial charge in [0.15, 0.2) is 0 Å². The van der Waals surface area contributed by atoms with E-state index in [4.69, 9.17) is 10.5 Å². The Balaban J connectivity index is 1.87. The van der Waals surface area contributed by atoms with Crippen LogP contribution in [0, 0.1) is 0 Å². The van der Waals surface area contributed by atoms with E-state index in [0.717, 1.165) is 41.3 Å². The largest absolute Gasteiger partial charge is 0.496 e. The van der Waals surface area contributed by atoms with Gasteiger partial charge in [-0.05, 0) is 49.5 Å². The summed E-state index contributed by atoms with van der Waals surface area (Å²) in [7, 11) is 3.73. The summed E-state index contributed by atoms with van der Waals surface area (Å²) in [6.45, 7) is 5.35. The Kier molecular flexibility index (Phi) is 6.24. The highest BCUT2D eigenvalue weighted by molar-refractivity contribution is 5.65. The van der Waals surface area contributed by atoms with Crippen LogP contribution in [0.25, 0.3) is 11.3 Å². The van der Waals surface area contributed by atoms with E-state index in [9.17, 15) is 0 Å². The Hall–Kier alpha value is -3.38. The molecule has 1 aromatic heterocycles. The maximum absolute atomic E-state index is 5.84. The van der Waals surface area contributed by atoms with Crippen molar-refractivity contribution < 1.29 is 4.74 Å². The Labute approximate surface area is 165 Å². The minimum absolute atomic E-state index is 0.518. The first-order valence-electron chi connectivity index (χ1n) is 9.01. The van der Waals surface area contributed by atoms with E-state index in [1.165, 1.54) is 0 Å². The van der Waals surface area contributed by atoms with Crippen LogP contribution in [0.2, 0.25) is 0 Å². The average Bonchev–Trinajstić information content (AvgIpc) is 2.68. The summed E-state index contributed by atoms with van der Waals surface area (Å²) in [5, 5.41) is 3.19. The van der Waals surface area contributed by atoms with Gasteiger partial charge in [-0.3, -0.25) is 4.90 Å². The summed E-state index contributed by atoms with van der Waals surface area (Å²) in [5.41, 5.74) is 10.3. The number of nitrogens with zero attached hydrogens (tertiary/aromatic N) is 3. The fraction of sp³-hybridized carbons (Fsp3) is 0.182. The summed E-state index contributed by atoms with van der Waals surface area (Å²) in [5.74, 6) is 1.37. The smallest absolute Gasteiger partial charge is 0.227 e. The molecule has 0 aliphatic carbocycles. The maximum Gasteiger partial charge on any atom is 0.227 e. The predicted octanol–water partition coefficient (Wildman–Crippen LogP) is 4.10. The number of anilines is 3. The van der Waals surface area contributed by atoms with Crippen LogP contribution in [0.4, 0.5) is 17.3 Å². The first-order valence-corrected chi connectivity index (χ1v) is 9.01. The van der Waals surface area contributed by atoms with E-state index >= 15 is 0 Å². The molecule has 3 rings (SSSR count). The van der Waals surface area contributed by atoms with Gasteiger partial charge in [-0.1, -0.05) is 12.1 Å². The number of hydrogen-bond donors (Lipinski definition) is 2. The maximum atomic E-state index is 5.84. The second kappa shape index (κ2) is 9.01. The highest BCUT2D eigenvalue weighted by atomic mass is 16.5. The molecule has 0 aliphatic rings. The first kappa shape index (κ1) is 19.4. The molecule has 0 radical (unpaired) electrons. The summed E-state index contributed by atoms with van der Waals surface area (Å²) in [6, 6.07) is 15.5. The van der Waals surface area contributed by atoms with Gasteiger partial charge < -0.3 is 15.8 Å². The molecule has 6 nitrogen and oxygen atoms in total. The van der Waals surface area contributed by atoms with Crippen molar-refractivity contribution in [2.75, 3.05) is 31.8 Å². The number of hydrogen-bond acceptors (Lipinski definition) is 6. The fourth-order valence-electron chi connectivity index (χ4n) is 2.96. The van der Waals surface area contributed by atoms with Crippen molar-refractivity contribution in [2.45, 2.75) is 6.54 Å². The monoisotopic (exact) mass is 375 g/mol. The number of methoxy groups -OCH3 is 1. The molecule has 6 heteroatoms. The van der Waals surface area contributed by atoms with Gasteiger partial charge in [-0.2, -0.15) is 0 Å². The molecular weight excluding hydrogens is 350 g/mol. The van der Waals surface area contributed by atoms with E-state index in [1.807, 2.05) is 55.6 Å². The van der Waals surface area contributed by atoms with E-state index in [-0.39, 0.29) is 0 Å². The molecule has 0 bridgehead atoms. The Morgan fingerprint density at radius 3 is 2.82 bits per heavy atom. The zero-order valence-electron chi connectivity index (χ0n) is 16.2. The topological polar surface area (TPSA) is 76.3 Å². The van der Waals surface area contributed by atoms with E-state index in [0.29, 0.717) is 11.6 Å². The Morgan fingerprint density at radius 1 is 1.21 bits per heavy atom. The van der Waals surface area contributed by atoms with E-state index in [2.05, 4.69) is 32.8 Å². The predicted molar refractivity (Wildman–Crippen MR) is 115 cm³/mol. The summed E-state index contributed by atoms with van der Waals surface area (Å²) < 4.78 is 5.52. The molecule has 3 aromatic rings. The molecule has 0 unspecified atom stereocenters. The molecule has 3 N–H and O–H groups in total. The normalized spacial score (nSPS) is 10.7. The van der Waals surface area contributed by atoms with Gasteiger partial charge >= 0.3 is 0 Å². The number of aromatic nitrogens is 2. The third-order valence-corrected chi connectivity index (χ3v) is 4.26. The molecule has 144 valence electrons. The number of likely N-dealkylation sites (N-methyl/N-ethyl adjacent to an activating group) is 1. The van der Waals surface area contributed by atoms with Crippen molar-refractivity contribution in [1.29, 1.82) is 0 Å². The zero-order valence-corrected chi connectivity index (χ0v) is 16.2. The molecule has 0 aliphatic heterocycles. The Morgan fingerprint density at radius 2 is 2.07 bits per heavy atom. The number of ether oxygens (including phenoxy) is 1. The highest BCUT2D eigenvalue weighted by Gasteiger charge is 2.10. The lowest BCUT2D eigenvalue weighted by molar-refractivity contribution is 0.347. The van der Waals surface area contributed by atoms with Gasteiger partial charge in [0, 0.05) is 41.8 Å². The van der Waals surface area contributed by atoms with Gasteiger partial charge in [0.05, 0.1) is 12.8 Å². The Bertz CT molecular complexity index is 957. The van der Waals surface area contributed by atoms with Crippen molar-refractivity contribution in [1.82, 2.24) is 14.9 Å². The molecule has 0 atom stereocenters. The number of benzene rings is 2. The lowest BCUT2D eigenvalue weighted by Gasteiger charge is -2.17. The summed E-state index contributed by atoms with van der Waals surface area (Å²) >= 11 is 0. The SMILES string of the molecule is C=CCN(C)Cc1cc(-c2ccnc(Nc3cccc(N)c3)n2)ccc1OC. The molecular formula is C22H25N5O. The van der Waals surface area contributed by atoms with Crippen LogP contribution in [0.1, 0.15) is 5.56 Å². The third kappa shape index (κ3) is 4.86. The van der Waals surface area contributed by atoms with Crippen molar-refractivity contribution >= 4 is 17.3 Å². The summed E-state index contributed by atoms with van der Waals surface area (Å²) in [6.07, 6.45) is 3.62. The van der Waals surface area contributed by atoms with E-state index < -0.39 is 0 Å². The van der Waals surface area contributed by atoms with Gasteiger partial charge in [-0.25, -0.2) is 9.97 Å². The standard InChI is InChI=1S/C22H25N5O/c1-4-12-27(2)15-17-13-16(8-9-21(17)28-3)20-10-11-24-22(26-20)25-19-7-5-6-18(23)14-19/h4-11,13-14H,1,12,15,23H2,2-3H3,(H,24,25,26). The number of nitrogens with two attached hydrogens (primary N) is 1. The quantitative estimate of drug-likeness (QED) is 0.456. The lowest BCUT2D eigenvalue weighted by Crippen LogP contribution is -2.18. The molecule has 2 aromatic carbocycles. The molecule has 0 saturated heterocycles. The highest BCUT2D eigenvalue weighted by Crippen LogP contribution is 2.27. The summed E-state index contributed by atoms with van der Waals surface area (Å²) in [4.78, 5) is 11.1. The lowest BCUT2D eigenvalue weighted by atomic mass is 10.1. The van der Waals surface area contributed by atoms with Crippen molar-refractivity contribution in [3.8, 4) is 17.0 Å². The minimum atomic E-state index is 0.518. The molecule has 0 saturated carbocycles. The average molecular weight is 375 g/mol. The van der Waals surface area contributed by atoms with E-state index in [1.54, 1.807) is 13.3 Å². The number of nitrogen functional groups attached to an aromatic ring is 1. The van der Waals surface area contributed by atoms with Gasteiger partial charge in [0.25, 0.3) is 0 Å². The number of nitrogens with one attached hydrogen (secondary N) is 1. The van der Waals surface area contributed by atoms with Crippen LogP contribution in [0.5, 0.6) is 5.75 Å². The van der Waals surface area contributed by atoms with Crippen LogP contribution in [0.15, 0.2) is 67.4 Å². The van der Waals surface area contributed by atoms with Gasteiger partial charge in [0.1, 0.15) is 5.75 Å². The molecule has 0 fully saturated rings. The molecule has 28 heavy (non-hydrogen) atoms. The van der Waals surface area contributed by atoms with Crippen LogP contribution in [-0.4, -0.2) is 35.6 Å². The van der Waals surface area contributed by atoms with Gasteiger partial charge in [-0.15, -0.1) is 6.58 Å². The van der Waals surface area contributed by atoms with Crippen molar-refractivity contribution in [2.24, 2.45) is 0 Å². The molecule has 0 amide bonds. The van der Waals surface area contributed by atoms with Gasteiger partial charge in [0.2, 0.25) is 5.95 Å². The van der Waals surface area contributed by atoms with Crippen molar-refractivity contribution in [3.63, 3.8) is 0 Å². The van der Waals surface area contributed by atoms with Crippen LogP contribution < -0.4 is 15.8 Å². The molecule has 1 heterocycles. The molecule has 0 spiro atoms. The minimum Gasteiger partial charge on any atom is -0.496 e. The number of rotatable bonds is 8. The van der Waals surface area contributed by atoms with Crippen molar-refractivity contribution in [3.05, 3.63) is 72.9 Å². The third-order valence-electron chi connectivity index (χ3n) is 4.26. The first-order chi connectivity index (χ1) is 13.6. The van der Waals surface area contributed by atoms with Crippen LogP contribution in [-0.2, 0) is 6.54 Å². The zero-order chi connectivity index (χ0) is 19.9.